The summed E-state index contributed by atoms with van der Waals surface area (Å²) in [5, 5.41) is 12.8. The maximum atomic E-state index is 12.2. The zero-order valence-electron chi connectivity index (χ0n) is 16.1. The maximum Gasteiger partial charge on any atom is 0.317 e. The van der Waals surface area contributed by atoms with Crippen molar-refractivity contribution in [2.75, 3.05) is 26.7 Å². The molecule has 140 valence electrons. The molecule has 0 saturated carbocycles. The van der Waals surface area contributed by atoms with E-state index in [-0.39, 0.29) is 6.03 Å². The summed E-state index contributed by atoms with van der Waals surface area (Å²) in [6, 6.07) is 8.16. The van der Waals surface area contributed by atoms with E-state index in [1.54, 1.807) is 20.9 Å². The topological polar surface area (TPSA) is 55.8 Å². The lowest BCUT2D eigenvalue weighted by atomic mass is 9.99. The first-order valence-electron chi connectivity index (χ1n) is 9.25. The van der Waals surface area contributed by atoms with Gasteiger partial charge in [-0.05, 0) is 50.3 Å². The summed E-state index contributed by atoms with van der Waals surface area (Å²) < 4.78 is 0. The number of amides is 2. The molecule has 1 aromatic carbocycles. The Morgan fingerprint density at radius 3 is 2.68 bits per heavy atom. The predicted octanol–water partition coefficient (Wildman–Crippen LogP) is 2.83. The lowest BCUT2D eigenvalue weighted by Gasteiger charge is -2.31. The molecule has 1 heterocycles. The number of likely N-dealkylation sites (N-methyl/N-ethyl adjacent to an activating group) is 1. The third-order valence-corrected chi connectivity index (χ3v) is 4.65. The van der Waals surface area contributed by atoms with Crippen molar-refractivity contribution in [1.29, 1.82) is 0 Å². The predicted molar refractivity (Wildman–Crippen MR) is 101 cm³/mol. The van der Waals surface area contributed by atoms with Crippen LogP contribution in [0.5, 0.6) is 0 Å². The first-order valence-corrected chi connectivity index (χ1v) is 9.25. The number of benzene rings is 1. The summed E-state index contributed by atoms with van der Waals surface area (Å²) in [4.78, 5) is 16.3. The molecule has 0 spiro atoms. The Morgan fingerprint density at radius 2 is 2.04 bits per heavy atom. The molecule has 0 radical (unpaired) electrons. The minimum Gasteiger partial charge on any atom is -0.389 e. The molecule has 0 aliphatic carbocycles. The van der Waals surface area contributed by atoms with Gasteiger partial charge in [-0.1, -0.05) is 31.2 Å². The van der Waals surface area contributed by atoms with E-state index in [4.69, 9.17) is 0 Å². The Balaban J connectivity index is 1.92. The molecule has 1 fully saturated rings. The van der Waals surface area contributed by atoms with Gasteiger partial charge in [0.2, 0.25) is 0 Å². The number of likely N-dealkylation sites (tertiary alicyclic amines) is 1. The third-order valence-electron chi connectivity index (χ3n) is 4.65. The zero-order chi connectivity index (χ0) is 18.4. The second kappa shape index (κ2) is 8.68. The van der Waals surface area contributed by atoms with E-state index in [1.165, 1.54) is 23.3 Å². The Bertz CT molecular complexity index is 568. The average Bonchev–Trinajstić information content (AvgIpc) is 2.52. The van der Waals surface area contributed by atoms with Crippen molar-refractivity contribution in [3.05, 3.63) is 35.4 Å². The molecule has 5 heteroatoms. The SMILES string of the molecule is CC1CCCN(Cc2ccccc2CNC(=O)N(C)CC(C)(C)O)C1. The highest BCUT2D eigenvalue weighted by Gasteiger charge is 2.20. The van der Waals surface area contributed by atoms with Gasteiger partial charge in [-0.3, -0.25) is 4.90 Å². The number of carbonyl (C=O) groups is 1. The number of piperidine rings is 1. The Morgan fingerprint density at radius 1 is 1.36 bits per heavy atom. The van der Waals surface area contributed by atoms with E-state index in [0.29, 0.717) is 13.1 Å². The number of hydrogen-bond acceptors (Lipinski definition) is 3. The molecule has 1 aliphatic rings. The first kappa shape index (κ1) is 19.7. The zero-order valence-corrected chi connectivity index (χ0v) is 16.1. The van der Waals surface area contributed by atoms with Crippen LogP contribution in [0.25, 0.3) is 0 Å². The molecule has 2 amide bonds. The first-order chi connectivity index (χ1) is 11.7. The highest BCUT2D eigenvalue weighted by molar-refractivity contribution is 5.73. The van der Waals surface area contributed by atoms with Gasteiger partial charge >= 0.3 is 6.03 Å². The molecule has 5 nitrogen and oxygen atoms in total. The maximum absolute atomic E-state index is 12.2. The minimum absolute atomic E-state index is 0.163. The van der Waals surface area contributed by atoms with Gasteiger partial charge in [-0.2, -0.15) is 0 Å². The second-order valence-electron chi connectivity index (χ2n) is 8.08. The minimum atomic E-state index is -0.894. The van der Waals surface area contributed by atoms with Gasteiger partial charge in [-0.25, -0.2) is 4.79 Å². The summed E-state index contributed by atoms with van der Waals surface area (Å²) in [5.74, 6) is 0.760. The van der Waals surface area contributed by atoms with Gasteiger partial charge in [0.15, 0.2) is 0 Å². The molecule has 1 saturated heterocycles. The molecule has 0 aromatic heterocycles. The van der Waals surface area contributed by atoms with Crippen LogP contribution in [0.3, 0.4) is 0 Å². The third kappa shape index (κ3) is 6.67. The fourth-order valence-electron chi connectivity index (χ4n) is 3.51. The van der Waals surface area contributed by atoms with Crippen LogP contribution in [0.2, 0.25) is 0 Å². The summed E-state index contributed by atoms with van der Waals surface area (Å²) in [5.41, 5.74) is 1.54. The van der Waals surface area contributed by atoms with E-state index in [1.807, 2.05) is 6.07 Å². The molecular weight excluding hydrogens is 314 g/mol. The van der Waals surface area contributed by atoms with Gasteiger partial charge in [0.25, 0.3) is 0 Å². The van der Waals surface area contributed by atoms with E-state index >= 15 is 0 Å². The van der Waals surface area contributed by atoms with Crippen molar-refractivity contribution in [2.24, 2.45) is 5.92 Å². The fraction of sp³-hybridized carbons (Fsp3) is 0.650. The summed E-state index contributed by atoms with van der Waals surface area (Å²) in [7, 11) is 1.70. The van der Waals surface area contributed by atoms with Crippen LogP contribution in [0.1, 0.15) is 44.7 Å². The molecule has 1 aromatic rings. The normalized spacial score (nSPS) is 18.8. The van der Waals surface area contributed by atoms with Crippen molar-refractivity contribution in [1.82, 2.24) is 15.1 Å². The van der Waals surface area contributed by atoms with E-state index in [2.05, 4.69) is 35.3 Å². The number of nitrogens with one attached hydrogen (secondary N) is 1. The average molecular weight is 348 g/mol. The van der Waals surface area contributed by atoms with Crippen LogP contribution in [0.4, 0.5) is 4.79 Å². The number of rotatable bonds is 6. The molecule has 25 heavy (non-hydrogen) atoms. The summed E-state index contributed by atoms with van der Waals surface area (Å²) >= 11 is 0. The quantitative estimate of drug-likeness (QED) is 0.832. The highest BCUT2D eigenvalue weighted by atomic mass is 16.3. The smallest absolute Gasteiger partial charge is 0.317 e. The molecular formula is C20H33N3O2. The van der Waals surface area contributed by atoms with Gasteiger partial charge < -0.3 is 15.3 Å². The van der Waals surface area contributed by atoms with Crippen molar-refractivity contribution in [3.63, 3.8) is 0 Å². The standard InChI is InChI=1S/C20H33N3O2/c1-16-8-7-11-23(13-16)14-18-10-6-5-9-17(18)12-21-19(24)22(4)15-20(2,3)25/h5-6,9-10,16,25H,7-8,11-15H2,1-4H3,(H,21,24). The number of aliphatic hydroxyl groups is 1. The van der Waals surface area contributed by atoms with Crippen LogP contribution in [0.15, 0.2) is 24.3 Å². The lowest BCUT2D eigenvalue weighted by Crippen LogP contribution is -2.44. The van der Waals surface area contributed by atoms with E-state index in [0.717, 1.165) is 31.1 Å². The number of hydrogen-bond donors (Lipinski definition) is 2. The lowest BCUT2D eigenvalue weighted by molar-refractivity contribution is 0.0531. The molecule has 1 atom stereocenters. The van der Waals surface area contributed by atoms with E-state index in [9.17, 15) is 9.90 Å². The van der Waals surface area contributed by atoms with Gasteiger partial charge in [0.05, 0.1) is 12.1 Å². The molecule has 0 bridgehead atoms. The summed E-state index contributed by atoms with van der Waals surface area (Å²) in [6.45, 7) is 9.76. The summed E-state index contributed by atoms with van der Waals surface area (Å²) in [6.07, 6.45) is 2.59. The molecule has 1 unspecified atom stereocenters. The molecule has 1 aliphatic heterocycles. The van der Waals surface area contributed by atoms with Crippen LogP contribution in [-0.2, 0) is 13.1 Å². The fourth-order valence-corrected chi connectivity index (χ4v) is 3.51. The van der Waals surface area contributed by atoms with Crippen molar-refractivity contribution in [2.45, 2.75) is 52.3 Å². The van der Waals surface area contributed by atoms with Crippen molar-refractivity contribution in [3.8, 4) is 0 Å². The van der Waals surface area contributed by atoms with Gasteiger partial charge in [0.1, 0.15) is 0 Å². The van der Waals surface area contributed by atoms with Crippen LogP contribution in [0, 0.1) is 5.92 Å². The molecule has 2 N–H and O–H groups in total. The van der Waals surface area contributed by atoms with Crippen LogP contribution in [-0.4, -0.2) is 53.2 Å². The van der Waals surface area contributed by atoms with Crippen LogP contribution < -0.4 is 5.32 Å². The van der Waals surface area contributed by atoms with Crippen LogP contribution >= 0.6 is 0 Å². The van der Waals surface area contributed by atoms with Crippen molar-refractivity contribution >= 4 is 6.03 Å². The Hall–Kier alpha value is -1.59. The van der Waals surface area contributed by atoms with Gasteiger partial charge in [0, 0.05) is 26.7 Å². The number of nitrogens with zero attached hydrogens (tertiary/aromatic N) is 2. The monoisotopic (exact) mass is 347 g/mol. The molecule has 2 rings (SSSR count). The largest absolute Gasteiger partial charge is 0.389 e. The number of carbonyl (C=O) groups excluding carboxylic acids is 1. The highest BCUT2D eigenvalue weighted by Crippen LogP contribution is 2.19. The Kier molecular flexibility index (Phi) is 6.85. The van der Waals surface area contributed by atoms with E-state index < -0.39 is 5.60 Å². The van der Waals surface area contributed by atoms with Crippen molar-refractivity contribution < 1.29 is 9.90 Å². The number of urea groups is 1. The Labute approximate surface area is 152 Å². The van der Waals surface area contributed by atoms with Gasteiger partial charge in [-0.15, -0.1) is 0 Å². The second-order valence-corrected chi connectivity index (χ2v) is 8.08.